The third-order valence-electron chi connectivity index (χ3n) is 3.07. The number of halogens is 1. The summed E-state index contributed by atoms with van der Waals surface area (Å²) >= 11 is 7.75. The van der Waals surface area contributed by atoms with Gasteiger partial charge in [-0.3, -0.25) is 0 Å². The highest BCUT2D eigenvalue weighted by Gasteiger charge is 2.03. The first-order valence-electron chi connectivity index (χ1n) is 6.17. The van der Waals surface area contributed by atoms with Crippen LogP contribution in [0.2, 0.25) is 0 Å². The third-order valence-corrected chi connectivity index (χ3v) is 4.46. The number of fused-ring (bicyclic) bond motifs is 1. The van der Waals surface area contributed by atoms with Crippen molar-refractivity contribution in [2.75, 3.05) is 0 Å². The fourth-order valence-corrected chi connectivity index (χ4v) is 3.38. The molecule has 0 radical (unpaired) electrons. The molecule has 0 N–H and O–H groups in total. The molecular weight excluding hydrogens is 272 g/mol. The molecule has 3 aromatic rings. The summed E-state index contributed by atoms with van der Waals surface area (Å²) in [6.45, 7) is 0. The van der Waals surface area contributed by atoms with Gasteiger partial charge in [-0.15, -0.1) is 11.6 Å². The summed E-state index contributed by atoms with van der Waals surface area (Å²) in [6.07, 6.45) is 0. The summed E-state index contributed by atoms with van der Waals surface area (Å²) in [4.78, 5) is 2.48. The van der Waals surface area contributed by atoms with Crippen molar-refractivity contribution in [1.82, 2.24) is 0 Å². The van der Waals surface area contributed by atoms with E-state index in [0.29, 0.717) is 5.88 Å². The Morgan fingerprint density at radius 1 is 0.789 bits per heavy atom. The molecule has 0 nitrogen and oxygen atoms in total. The number of hydrogen-bond acceptors (Lipinski definition) is 1. The summed E-state index contributed by atoms with van der Waals surface area (Å²) in [5, 5.41) is 2.55. The molecule has 3 rings (SSSR count). The summed E-state index contributed by atoms with van der Waals surface area (Å²) in [5.41, 5.74) is 1.18. The van der Waals surface area contributed by atoms with E-state index >= 15 is 0 Å². The Morgan fingerprint density at radius 2 is 1.53 bits per heavy atom. The van der Waals surface area contributed by atoms with E-state index in [-0.39, 0.29) is 0 Å². The van der Waals surface area contributed by atoms with Gasteiger partial charge in [-0.25, -0.2) is 0 Å². The smallest absolute Gasteiger partial charge is 0.0485 e. The molecule has 0 aliphatic rings. The number of rotatable bonds is 3. The normalized spacial score (nSPS) is 10.8. The molecule has 3 aromatic carbocycles. The van der Waals surface area contributed by atoms with Crippen molar-refractivity contribution in [1.29, 1.82) is 0 Å². The summed E-state index contributed by atoms with van der Waals surface area (Å²) < 4.78 is 0. The number of alkyl halides is 1. The summed E-state index contributed by atoms with van der Waals surface area (Å²) in [5.74, 6) is 0.552. The van der Waals surface area contributed by atoms with Crippen LogP contribution in [0.3, 0.4) is 0 Å². The average Bonchev–Trinajstić information content (AvgIpc) is 2.48. The zero-order chi connectivity index (χ0) is 13.1. The Balaban J connectivity index is 1.96. The van der Waals surface area contributed by atoms with Crippen molar-refractivity contribution in [3.05, 3.63) is 72.3 Å². The quantitative estimate of drug-likeness (QED) is 0.554. The molecule has 2 heteroatoms. The van der Waals surface area contributed by atoms with Crippen LogP contribution in [-0.2, 0) is 5.88 Å². The second-order valence-corrected chi connectivity index (χ2v) is 5.73. The molecule has 0 unspecified atom stereocenters. The Morgan fingerprint density at radius 3 is 2.37 bits per heavy atom. The molecule has 0 saturated heterocycles. The van der Waals surface area contributed by atoms with Gasteiger partial charge in [0.05, 0.1) is 0 Å². The molecule has 94 valence electrons. The zero-order valence-electron chi connectivity index (χ0n) is 10.3. The maximum Gasteiger partial charge on any atom is 0.0485 e. The van der Waals surface area contributed by atoms with Crippen LogP contribution in [0.25, 0.3) is 10.8 Å². The van der Waals surface area contributed by atoms with Gasteiger partial charge in [0, 0.05) is 15.7 Å². The van der Waals surface area contributed by atoms with Crippen molar-refractivity contribution < 1.29 is 0 Å². The van der Waals surface area contributed by atoms with Gasteiger partial charge < -0.3 is 0 Å². The summed E-state index contributed by atoms with van der Waals surface area (Å²) in [6, 6.07) is 23.3. The SMILES string of the molecule is ClCc1ccccc1Sc1ccc2ccccc2c1. The van der Waals surface area contributed by atoms with Crippen molar-refractivity contribution >= 4 is 34.1 Å². The van der Waals surface area contributed by atoms with E-state index in [1.807, 2.05) is 6.07 Å². The van der Waals surface area contributed by atoms with E-state index in [1.165, 1.54) is 26.1 Å². The van der Waals surface area contributed by atoms with Gasteiger partial charge in [-0.1, -0.05) is 60.3 Å². The standard InChI is InChI=1S/C17H13ClS/c18-12-15-7-3-4-8-17(15)19-16-10-9-13-5-1-2-6-14(13)11-16/h1-11H,12H2. The van der Waals surface area contributed by atoms with Gasteiger partial charge in [0.15, 0.2) is 0 Å². The van der Waals surface area contributed by atoms with Gasteiger partial charge in [-0.05, 0) is 34.5 Å². The van der Waals surface area contributed by atoms with Crippen LogP contribution in [0.1, 0.15) is 5.56 Å². The lowest BCUT2D eigenvalue weighted by Gasteiger charge is -2.07. The fraction of sp³-hybridized carbons (Fsp3) is 0.0588. The van der Waals surface area contributed by atoms with Gasteiger partial charge in [0.2, 0.25) is 0 Å². The van der Waals surface area contributed by atoms with Gasteiger partial charge in [-0.2, -0.15) is 0 Å². The second-order valence-electron chi connectivity index (χ2n) is 4.35. The largest absolute Gasteiger partial charge is 0.122 e. The van der Waals surface area contributed by atoms with Crippen LogP contribution >= 0.6 is 23.4 Å². The van der Waals surface area contributed by atoms with Crippen LogP contribution in [0.5, 0.6) is 0 Å². The molecule has 0 amide bonds. The molecular formula is C17H13ClS. The van der Waals surface area contributed by atoms with E-state index in [1.54, 1.807) is 11.8 Å². The highest BCUT2D eigenvalue weighted by molar-refractivity contribution is 7.99. The van der Waals surface area contributed by atoms with Crippen molar-refractivity contribution in [2.24, 2.45) is 0 Å². The topological polar surface area (TPSA) is 0 Å². The average molecular weight is 285 g/mol. The minimum absolute atomic E-state index is 0.552. The molecule has 0 aromatic heterocycles. The Bertz CT molecular complexity index is 706. The Hall–Kier alpha value is -1.44. The van der Waals surface area contributed by atoms with Gasteiger partial charge in [0.25, 0.3) is 0 Å². The fourth-order valence-electron chi connectivity index (χ4n) is 2.07. The lowest BCUT2D eigenvalue weighted by Crippen LogP contribution is -1.83. The monoisotopic (exact) mass is 284 g/mol. The predicted molar refractivity (Wildman–Crippen MR) is 84.1 cm³/mol. The molecule has 0 fully saturated rings. The molecule has 0 spiro atoms. The predicted octanol–water partition coefficient (Wildman–Crippen LogP) is 5.73. The summed E-state index contributed by atoms with van der Waals surface area (Å²) in [7, 11) is 0. The third kappa shape index (κ3) is 2.78. The van der Waals surface area contributed by atoms with E-state index in [4.69, 9.17) is 11.6 Å². The van der Waals surface area contributed by atoms with E-state index in [0.717, 1.165) is 0 Å². The molecule has 0 heterocycles. The van der Waals surface area contributed by atoms with Crippen molar-refractivity contribution in [2.45, 2.75) is 15.7 Å². The lowest BCUT2D eigenvalue weighted by atomic mass is 10.1. The lowest BCUT2D eigenvalue weighted by molar-refractivity contribution is 1.26. The first-order chi connectivity index (χ1) is 9.36. The highest BCUT2D eigenvalue weighted by atomic mass is 35.5. The first kappa shape index (κ1) is 12.6. The Kier molecular flexibility index (Phi) is 3.77. The minimum atomic E-state index is 0.552. The maximum atomic E-state index is 5.98. The minimum Gasteiger partial charge on any atom is -0.122 e. The number of benzene rings is 3. The molecule has 19 heavy (non-hydrogen) atoms. The van der Waals surface area contributed by atoms with Crippen LogP contribution < -0.4 is 0 Å². The van der Waals surface area contributed by atoms with Crippen LogP contribution in [-0.4, -0.2) is 0 Å². The molecule has 0 bridgehead atoms. The van der Waals surface area contributed by atoms with E-state index in [2.05, 4.69) is 60.7 Å². The van der Waals surface area contributed by atoms with E-state index < -0.39 is 0 Å². The highest BCUT2D eigenvalue weighted by Crippen LogP contribution is 2.32. The number of hydrogen-bond donors (Lipinski definition) is 0. The van der Waals surface area contributed by atoms with Gasteiger partial charge in [0.1, 0.15) is 0 Å². The molecule has 0 saturated carbocycles. The second kappa shape index (κ2) is 5.68. The van der Waals surface area contributed by atoms with Crippen LogP contribution in [0, 0.1) is 0 Å². The molecule has 0 aliphatic carbocycles. The van der Waals surface area contributed by atoms with Crippen LogP contribution in [0.4, 0.5) is 0 Å². The van der Waals surface area contributed by atoms with E-state index in [9.17, 15) is 0 Å². The van der Waals surface area contributed by atoms with Crippen molar-refractivity contribution in [3.63, 3.8) is 0 Å². The zero-order valence-corrected chi connectivity index (χ0v) is 11.9. The first-order valence-corrected chi connectivity index (χ1v) is 7.52. The maximum absolute atomic E-state index is 5.98. The van der Waals surface area contributed by atoms with Crippen LogP contribution in [0.15, 0.2) is 76.5 Å². The molecule has 0 atom stereocenters. The van der Waals surface area contributed by atoms with Gasteiger partial charge >= 0.3 is 0 Å². The Labute approximate surface area is 122 Å². The molecule has 0 aliphatic heterocycles. The van der Waals surface area contributed by atoms with Crippen molar-refractivity contribution in [3.8, 4) is 0 Å².